The Hall–Kier alpha value is -6.32. The van der Waals surface area contributed by atoms with E-state index in [2.05, 4.69) is 35.3 Å². The summed E-state index contributed by atoms with van der Waals surface area (Å²) in [6.45, 7) is 4.82. The van der Waals surface area contributed by atoms with Crippen molar-refractivity contribution in [2.45, 2.75) is 57.7 Å². The van der Waals surface area contributed by atoms with Crippen LogP contribution in [0.3, 0.4) is 0 Å². The van der Waals surface area contributed by atoms with Gasteiger partial charge in [-0.05, 0) is 49.3 Å². The first kappa shape index (κ1) is 37.0. The van der Waals surface area contributed by atoms with Gasteiger partial charge in [0.15, 0.2) is 0 Å². The lowest BCUT2D eigenvalue weighted by Crippen LogP contribution is -2.51. The number of ether oxygens (including phenoxy) is 2. The quantitative estimate of drug-likeness (QED) is 0.148. The molecule has 2 saturated heterocycles. The van der Waals surface area contributed by atoms with E-state index in [1.54, 1.807) is 28.4 Å². The highest BCUT2D eigenvalue weighted by Gasteiger charge is 2.37. The first-order valence-electron chi connectivity index (χ1n) is 18.4. The number of likely N-dealkylation sites (tertiary alicyclic amines) is 2. The molecule has 3 atom stereocenters. The molecule has 2 aliphatic heterocycles. The van der Waals surface area contributed by atoms with Crippen molar-refractivity contribution in [2.75, 3.05) is 33.9 Å². The Kier molecular flexibility index (Phi) is 10.7. The molecule has 0 unspecified atom stereocenters. The molecule has 0 aliphatic carbocycles. The zero-order valence-corrected chi connectivity index (χ0v) is 31.2. The molecule has 2 aliphatic rings. The van der Waals surface area contributed by atoms with Crippen molar-refractivity contribution < 1.29 is 28.7 Å². The predicted octanol–water partition coefficient (Wildman–Crippen LogP) is 5.14. The molecule has 3 aromatic heterocycles. The van der Waals surface area contributed by atoms with Crippen LogP contribution in [0.5, 0.6) is 0 Å². The maximum Gasteiger partial charge on any atom is 0.407 e. The summed E-state index contributed by atoms with van der Waals surface area (Å²) < 4.78 is 9.32. The third-order valence-electron chi connectivity index (χ3n) is 10.2. The number of methoxy groups -OCH3 is 2. The van der Waals surface area contributed by atoms with E-state index in [0.717, 1.165) is 70.5 Å². The number of H-pyrrole nitrogens is 2. The van der Waals surface area contributed by atoms with Crippen LogP contribution in [0.4, 0.5) is 9.59 Å². The van der Waals surface area contributed by atoms with Crippen LogP contribution in [0.2, 0.25) is 0 Å². The summed E-state index contributed by atoms with van der Waals surface area (Å²) >= 11 is 0. The molecule has 5 aromatic rings. The number of hydrogen-bond acceptors (Lipinski definition) is 10. The van der Waals surface area contributed by atoms with Crippen LogP contribution in [0.15, 0.2) is 61.1 Å². The molecule has 55 heavy (non-hydrogen) atoms. The van der Waals surface area contributed by atoms with E-state index < -0.39 is 18.2 Å². The number of rotatable bonds is 10. The van der Waals surface area contributed by atoms with E-state index in [4.69, 9.17) is 14.7 Å². The summed E-state index contributed by atoms with van der Waals surface area (Å²) in [5.41, 5.74) is 6.56. The zero-order chi connectivity index (χ0) is 38.6. The van der Waals surface area contributed by atoms with Crippen LogP contribution < -0.4 is 10.6 Å². The van der Waals surface area contributed by atoms with Gasteiger partial charge in [0.1, 0.15) is 24.2 Å². The lowest BCUT2D eigenvalue weighted by Gasteiger charge is -2.30. The molecule has 0 radical (unpaired) electrons. The number of benzene rings is 2. The highest BCUT2D eigenvalue weighted by molar-refractivity contribution is 5.87. The van der Waals surface area contributed by atoms with E-state index >= 15 is 0 Å². The topological polar surface area (TPSA) is 200 Å². The predicted molar refractivity (Wildman–Crippen MR) is 202 cm³/mol. The average molecular weight is 749 g/mol. The van der Waals surface area contributed by atoms with Crippen molar-refractivity contribution in [1.82, 2.24) is 50.3 Å². The Morgan fingerprint density at radius 3 is 2.02 bits per heavy atom. The van der Waals surface area contributed by atoms with E-state index in [-0.39, 0.29) is 36.4 Å². The summed E-state index contributed by atoms with van der Waals surface area (Å²) in [6, 6.07) is 12.7. The smallest absolute Gasteiger partial charge is 0.407 e. The number of aromatic amines is 2. The van der Waals surface area contributed by atoms with Crippen LogP contribution in [0.1, 0.15) is 63.3 Å². The molecule has 7 rings (SSSR count). The maximum atomic E-state index is 13.5. The monoisotopic (exact) mass is 748 g/mol. The molecule has 0 spiro atoms. The van der Waals surface area contributed by atoms with Crippen molar-refractivity contribution >= 4 is 35.0 Å². The van der Waals surface area contributed by atoms with Crippen molar-refractivity contribution in [3.05, 3.63) is 72.7 Å². The van der Waals surface area contributed by atoms with Crippen molar-refractivity contribution in [1.29, 1.82) is 0 Å². The number of hydrogen-bond donors (Lipinski definition) is 4. The Bertz CT molecular complexity index is 2200. The molecular weight excluding hydrogens is 704 g/mol. The standard InChI is InChI=1S/C39H44N10O6/c1-22(2)34(47-39(53)55-4)37(51)49-16-6-8-32(49)36-41-19-29(45-36)24-11-9-23(10-12-24)28-18-40-27-17-25(13-14-26(27)44-28)30-20-42-35(46-30)31-7-5-15-48(31)33(50)21-43-38(52)54-3/h9-14,17-20,22,31-32,34H,5-8,15-16,21H2,1-4H3,(H,41,45)(H,42,46)(H,43,52)(H,47,53)/t31-,32-,34-/m0/s1. The Labute approximate surface area is 317 Å². The van der Waals surface area contributed by atoms with Crippen molar-refractivity contribution in [2.24, 2.45) is 5.92 Å². The molecule has 16 heteroatoms. The van der Waals surface area contributed by atoms with Gasteiger partial charge in [0.25, 0.3) is 0 Å². The number of carbonyl (C=O) groups excluding carboxylic acids is 4. The lowest BCUT2D eigenvalue weighted by atomic mass is 10.0. The van der Waals surface area contributed by atoms with Crippen molar-refractivity contribution in [3.63, 3.8) is 0 Å². The van der Waals surface area contributed by atoms with Crippen LogP contribution >= 0.6 is 0 Å². The third kappa shape index (κ3) is 7.84. The number of amides is 4. The molecule has 5 heterocycles. The number of imidazole rings is 2. The molecule has 4 amide bonds. The van der Waals surface area contributed by atoms with E-state index in [1.165, 1.54) is 14.2 Å². The molecular formula is C39H44N10O6. The highest BCUT2D eigenvalue weighted by atomic mass is 16.5. The van der Waals surface area contributed by atoms with Crippen LogP contribution in [0.25, 0.3) is 44.8 Å². The highest BCUT2D eigenvalue weighted by Crippen LogP contribution is 2.34. The zero-order valence-electron chi connectivity index (χ0n) is 31.2. The molecule has 2 fully saturated rings. The van der Waals surface area contributed by atoms with Gasteiger partial charge in [0, 0.05) is 24.2 Å². The van der Waals surface area contributed by atoms with Gasteiger partial charge in [-0.3, -0.25) is 14.6 Å². The Morgan fingerprint density at radius 2 is 1.36 bits per heavy atom. The number of fused-ring (bicyclic) bond motifs is 1. The lowest BCUT2D eigenvalue weighted by molar-refractivity contribution is -0.135. The van der Waals surface area contributed by atoms with E-state index in [1.807, 2.05) is 56.3 Å². The second-order valence-corrected chi connectivity index (χ2v) is 14.0. The van der Waals surface area contributed by atoms with Crippen LogP contribution in [-0.4, -0.2) is 104 Å². The normalized spacial score (nSPS) is 17.4. The Balaban J connectivity index is 1.02. The Morgan fingerprint density at radius 1 is 0.764 bits per heavy atom. The van der Waals surface area contributed by atoms with Crippen LogP contribution in [-0.2, 0) is 19.1 Å². The van der Waals surface area contributed by atoms with E-state index in [9.17, 15) is 19.2 Å². The number of nitrogens with one attached hydrogen (secondary N) is 4. The number of nitrogens with zero attached hydrogens (tertiary/aromatic N) is 6. The van der Waals surface area contributed by atoms with Gasteiger partial charge >= 0.3 is 12.2 Å². The van der Waals surface area contributed by atoms with Gasteiger partial charge in [-0.25, -0.2) is 24.5 Å². The SMILES string of the molecule is COC(=O)NCC(=O)N1CCC[C@H]1c1ncc(-c2ccc3nc(-c4ccc(-c5cnc([C@@H]6CCCN6C(=O)[C@@H](NC(=O)OC)C(C)C)[nH]5)cc4)cnc3c2)[nH]1. The fraction of sp³-hybridized carbons (Fsp3) is 0.385. The summed E-state index contributed by atoms with van der Waals surface area (Å²) in [6.07, 6.45) is 7.23. The molecule has 4 N–H and O–H groups in total. The summed E-state index contributed by atoms with van der Waals surface area (Å²) in [4.78, 5) is 78.9. The second kappa shape index (κ2) is 16.0. The largest absolute Gasteiger partial charge is 0.453 e. The summed E-state index contributed by atoms with van der Waals surface area (Å²) in [7, 11) is 2.54. The maximum absolute atomic E-state index is 13.5. The van der Waals surface area contributed by atoms with E-state index in [0.29, 0.717) is 24.7 Å². The first-order valence-corrected chi connectivity index (χ1v) is 18.4. The minimum Gasteiger partial charge on any atom is -0.453 e. The van der Waals surface area contributed by atoms with Crippen LogP contribution in [0, 0.1) is 5.92 Å². The third-order valence-corrected chi connectivity index (χ3v) is 10.2. The molecule has 0 saturated carbocycles. The van der Waals surface area contributed by atoms with Gasteiger partial charge < -0.3 is 39.9 Å². The minimum absolute atomic E-state index is 0.112. The fourth-order valence-corrected chi connectivity index (χ4v) is 7.31. The molecule has 286 valence electrons. The molecule has 2 aromatic carbocycles. The molecule has 16 nitrogen and oxygen atoms in total. The summed E-state index contributed by atoms with van der Waals surface area (Å²) in [5, 5.41) is 5.14. The van der Waals surface area contributed by atoms with Gasteiger partial charge in [-0.15, -0.1) is 0 Å². The number of aromatic nitrogens is 6. The second-order valence-electron chi connectivity index (χ2n) is 14.0. The first-order chi connectivity index (χ1) is 26.6. The summed E-state index contributed by atoms with van der Waals surface area (Å²) in [5.74, 6) is 0.941. The fourth-order valence-electron chi connectivity index (χ4n) is 7.31. The van der Waals surface area contributed by atoms with Gasteiger partial charge in [-0.1, -0.05) is 44.2 Å². The number of carbonyl (C=O) groups is 4. The van der Waals surface area contributed by atoms with Gasteiger partial charge in [0.2, 0.25) is 11.8 Å². The van der Waals surface area contributed by atoms with Gasteiger partial charge in [0.05, 0.1) is 73.0 Å². The minimum atomic E-state index is -0.696. The van der Waals surface area contributed by atoms with Crippen molar-refractivity contribution in [3.8, 4) is 33.8 Å². The van der Waals surface area contributed by atoms with Gasteiger partial charge in [-0.2, -0.15) is 0 Å². The number of alkyl carbamates (subject to hydrolysis) is 2. The molecule has 0 bridgehead atoms. The average Bonchev–Trinajstić information content (AvgIpc) is 4.05.